The molecule has 0 spiro atoms. The predicted octanol–water partition coefficient (Wildman–Crippen LogP) is 1.59. The van der Waals surface area contributed by atoms with Crippen molar-refractivity contribution in [3.63, 3.8) is 0 Å². The molecule has 1 rings (SSSR count). The Morgan fingerprint density at radius 2 is 2.06 bits per heavy atom. The van der Waals surface area contributed by atoms with Gasteiger partial charge in [0, 0.05) is 12.1 Å². The van der Waals surface area contributed by atoms with Crippen molar-refractivity contribution in [2.24, 2.45) is 0 Å². The summed E-state index contributed by atoms with van der Waals surface area (Å²) in [5.74, 6) is 0.576. The number of rotatable bonds is 6. The summed E-state index contributed by atoms with van der Waals surface area (Å²) in [6, 6.07) is 6.96. The molecule has 4 heteroatoms. The molecule has 2 N–H and O–H groups in total. The molecule has 4 nitrogen and oxygen atoms in total. The summed E-state index contributed by atoms with van der Waals surface area (Å²) in [5.41, 5.74) is 0.564. The van der Waals surface area contributed by atoms with E-state index < -0.39 is 6.10 Å². The molecule has 0 aliphatic rings. The lowest BCUT2D eigenvalue weighted by Crippen LogP contribution is -2.30. The molecule has 94 valence electrons. The molecule has 0 aliphatic carbocycles. The Balaban J connectivity index is 2.51. The Kier molecular flexibility index (Phi) is 5.49. The molecule has 0 fully saturated rings. The summed E-state index contributed by atoms with van der Waals surface area (Å²) in [5, 5.41) is 11.7. The molecule has 0 radical (unpaired) electrons. The van der Waals surface area contributed by atoms with Crippen LogP contribution in [0.5, 0.6) is 5.75 Å². The zero-order chi connectivity index (χ0) is 12.7. The highest BCUT2D eigenvalue weighted by Gasteiger charge is 2.06. The van der Waals surface area contributed by atoms with E-state index in [9.17, 15) is 4.79 Å². The average Bonchev–Trinajstić information content (AvgIpc) is 2.34. The van der Waals surface area contributed by atoms with Gasteiger partial charge < -0.3 is 15.2 Å². The van der Waals surface area contributed by atoms with Gasteiger partial charge in [0.15, 0.2) is 0 Å². The summed E-state index contributed by atoms with van der Waals surface area (Å²) in [4.78, 5) is 11.6. The minimum Gasteiger partial charge on any atom is -0.494 e. The highest BCUT2D eigenvalue weighted by molar-refractivity contribution is 5.94. The van der Waals surface area contributed by atoms with Crippen molar-refractivity contribution in [1.29, 1.82) is 0 Å². The summed E-state index contributed by atoms with van der Waals surface area (Å²) in [6.45, 7) is 4.60. The van der Waals surface area contributed by atoms with Crippen molar-refractivity contribution in [2.75, 3.05) is 13.2 Å². The fourth-order valence-electron chi connectivity index (χ4n) is 1.26. The van der Waals surface area contributed by atoms with Gasteiger partial charge in [-0.1, -0.05) is 6.92 Å². The van der Waals surface area contributed by atoms with E-state index in [1.807, 2.05) is 6.92 Å². The number of carbonyl (C=O) groups is 1. The van der Waals surface area contributed by atoms with Crippen molar-refractivity contribution >= 4 is 5.91 Å². The first-order valence-corrected chi connectivity index (χ1v) is 5.82. The van der Waals surface area contributed by atoms with Gasteiger partial charge in [-0.3, -0.25) is 4.79 Å². The molecule has 0 saturated carbocycles. The Hall–Kier alpha value is -1.55. The summed E-state index contributed by atoms with van der Waals surface area (Å²) < 4.78 is 5.42. The zero-order valence-corrected chi connectivity index (χ0v) is 10.3. The maximum Gasteiger partial charge on any atom is 0.251 e. The number of aliphatic hydroxyl groups excluding tert-OH is 1. The lowest BCUT2D eigenvalue weighted by Gasteiger charge is -2.08. The van der Waals surface area contributed by atoms with Crippen LogP contribution in [-0.2, 0) is 0 Å². The third kappa shape index (κ3) is 4.87. The molecule has 0 aromatic heterocycles. The first-order valence-electron chi connectivity index (χ1n) is 5.82. The Morgan fingerprint density at radius 1 is 1.41 bits per heavy atom. The minimum atomic E-state index is -0.536. The number of nitrogens with one attached hydrogen (secondary N) is 1. The van der Waals surface area contributed by atoms with Crippen LogP contribution in [0.4, 0.5) is 0 Å². The molecule has 0 heterocycles. The Morgan fingerprint density at radius 3 is 2.59 bits per heavy atom. The molecule has 0 saturated heterocycles. The molecule has 1 amide bonds. The predicted molar refractivity (Wildman–Crippen MR) is 66.2 cm³/mol. The topological polar surface area (TPSA) is 58.6 Å². The number of aliphatic hydroxyl groups is 1. The van der Waals surface area contributed by atoms with Crippen LogP contribution in [0.25, 0.3) is 0 Å². The Bertz CT molecular complexity index is 346. The van der Waals surface area contributed by atoms with Crippen molar-refractivity contribution in [2.45, 2.75) is 26.4 Å². The number of amides is 1. The SMILES string of the molecule is CCCOc1ccc(C(=O)NC[C@H](C)O)cc1. The lowest BCUT2D eigenvalue weighted by atomic mass is 10.2. The zero-order valence-electron chi connectivity index (χ0n) is 10.3. The molecule has 0 unspecified atom stereocenters. The standard InChI is InChI=1S/C13H19NO3/c1-3-8-17-12-6-4-11(5-7-12)13(16)14-9-10(2)15/h4-7,10,15H,3,8-9H2,1-2H3,(H,14,16)/t10-/m0/s1. The summed E-state index contributed by atoms with van der Waals surface area (Å²) >= 11 is 0. The highest BCUT2D eigenvalue weighted by atomic mass is 16.5. The van der Waals surface area contributed by atoms with E-state index in [4.69, 9.17) is 9.84 Å². The monoisotopic (exact) mass is 237 g/mol. The number of benzene rings is 1. The van der Waals surface area contributed by atoms with Crippen molar-refractivity contribution in [3.8, 4) is 5.75 Å². The van der Waals surface area contributed by atoms with Crippen LogP contribution in [0.1, 0.15) is 30.6 Å². The van der Waals surface area contributed by atoms with Crippen LogP contribution < -0.4 is 10.1 Å². The minimum absolute atomic E-state index is 0.187. The van der Waals surface area contributed by atoms with E-state index in [2.05, 4.69) is 5.32 Å². The van der Waals surface area contributed by atoms with Gasteiger partial charge in [0.05, 0.1) is 12.7 Å². The summed E-state index contributed by atoms with van der Waals surface area (Å²) in [6.07, 6.45) is 0.419. The quantitative estimate of drug-likeness (QED) is 0.790. The van der Waals surface area contributed by atoms with Crippen molar-refractivity contribution in [3.05, 3.63) is 29.8 Å². The normalized spacial score (nSPS) is 11.9. The lowest BCUT2D eigenvalue weighted by molar-refractivity contribution is 0.0924. The number of hydrogen-bond acceptors (Lipinski definition) is 3. The fraction of sp³-hybridized carbons (Fsp3) is 0.462. The number of ether oxygens (including phenoxy) is 1. The number of carbonyl (C=O) groups excluding carboxylic acids is 1. The van der Waals surface area contributed by atoms with Gasteiger partial charge in [-0.2, -0.15) is 0 Å². The fourth-order valence-corrected chi connectivity index (χ4v) is 1.26. The largest absolute Gasteiger partial charge is 0.494 e. The molecule has 0 aliphatic heterocycles. The molecule has 1 aromatic carbocycles. The van der Waals surface area contributed by atoms with Gasteiger partial charge in [0.25, 0.3) is 5.91 Å². The maximum absolute atomic E-state index is 11.6. The van der Waals surface area contributed by atoms with Gasteiger partial charge in [0.2, 0.25) is 0 Å². The van der Waals surface area contributed by atoms with E-state index in [0.717, 1.165) is 12.2 Å². The van der Waals surface area contributed by atoms with Crippen LogP contribution in [0.15, 0.2) is 24.3 Å². The second-order valence-corrected chi connectivity index (χ2v) is 3.93. The van der Waals surface area contributed by atoms with Gasteiger partial charge in [-0.05, 0) is 37.6 Å². The third-order valence-electron chi connectivity index (χ3n) is 2.15. The van der Waals surface area contributed by atoms with Gasteiger partial charge in [0.1, 0.15) is 5.75 Å². The van der Waals surface area contributed by atoms with Gasteiger partial charge in [-0.25, -0.2) is 0 Å². The molecule has 1 aromatic rings. The van der Waals surface area contributed by atoms with Crippen LogP contribution in [-0.4, -0.2) is 30.3 Å². The van der Waals surface area contributed by atoms with Crippen molar-refractivity contribution in [1.82, 2.24) is 5.32 Å². The average molecular weight is 237 g/mol. The second-order valence-electron chi connectivity index (χ2n) is 3.93. The van der Waals surface area contributed by atoms with E-state index in [1.165, 1.54) is 0 Å². The van der Waals surface area contributed by atoms with Crippen LogP contribution >= 0.6 is 0 Å². The molecular formula is C13H19NO3. The third-order valence-corrected chi connectivity index (χ3v) is 2.15. The second kappa shape index (κ2) is 6.91. The van der Waals surface area contributed by atoms with Crippen LogP contribution in [0, 0.1) is 0 Å². The Labute approximate surface area is 102 Å². The highest BCUT2D eigenvalue weighted by Crippen LogP contribution is 2.12. The maximum atomic E-state index is 11.6. The van der Waals surface area contributed by atoms with E-state index in [-0.39, 0.29) is 12.5 Å². The number of hydrogen-bond donors (Lipinski definition) is 2. The van der Waals surface area contributed by atoms with Crippen LogP contribution in [0.2, 0.25) is 0 Å². The van der Waals surface area contributed by atoms with Gasteiger partial charge >= 0.3 is 0 Å². The van der Waals surface area contributed by atoms with E-state index >= 15 is 0 Å². The molecule has 0 bridgehead atoms. The first kappa shape index (κ1) is 13.5. The van der Waals surface area contributed by atoms with Gasteiger partial charge in [-0.15, -0.1) is 0 Å². The van der Waals surface area contributed by atoms with E-state index in [1.54, 1.807) is 31.2 Å². The summed E-state index contributed by atoms with van der Waals surface area (Å²) in [7, 11) is 0. The smallest absolute Gasteiger partial charge is 0.251 e. The van der Waals surface area contributed by atoms with Crippen molar-refractivity contribution < 1.29 is 14.6 Å². The molecule has 1 atom stereocenters. The van der Waals surface area contributed by atoms with Crippen LogP contribution in [0.3, 0.4) is 0 Å². The van der Waals surface area contributed by atoms with E-state index in [0.29, 0.717) is 12.2 Å². The molecular weight excluding hydrogens is 218 g/mol. The first-order chi connectivity index (χ1) is 8.13. The molecule has 17 heavy (non-hydrogen) atoms.